The lowest BCUT2D eigenvalue weighted by Crippen LogP contribution is -2.47. The first-order valence-corrected chi connectivity index (χ1v) is 6.97. The largest absolute Gasteiger partial charge is 0.369 e. The van der Waals surface area contributed by atoms with Crippen LogP contribution in [0.4, 0.5) is 0 Å². The van der Waals surface area contributed by atoms with E-state index in [9.17, 15) is 4.79 Å². The van der Waals surface area contributed by atoms with E-state index in [-0.39, 0.29) is 18.0 Å². The van der Waals surface area contributed by atoms with Gasteiger partial charge in [-0.3, -0.25) is 9.69 Å². The molecule has 1 aliphatic carbocycles. The van der Waals surface area contributed by atoms with Gasteiger partial charge in [0.25, 0.3) is 5.91 Å². The third-order valence-electron chi connectivity index (χ3n) is 3.88. The summed E-state index contributed by atoms with van der Waals surface area (Å²) in [6.07, 6.45) is 4.30. The molecule has 2 atom stereocenters. The Morgan fingerprint density at radius 2 is 1.95 bits per heavy atom. The molecule has 2 aliphatic rings. The van der Waals surface area contributed by atoms with Gasteiger partial charge in [-0.2, -0.15) is 0 Å². The molecular weight excluding hydrogens is 262 g/mol. The Bertz CT molecular complexity index is 526. The molecule has 3 rings (SSSR count). The molecule has 4 nitrogen and oxygen atoms in total. The normalized spacial score (nSPS) is 25.9. The molecule has 0 radical (unpaired) electrons. The highest BCUT2D eigenvalue weighted by molar-refractivity contribution is 6.30. The minimum Gasteiger partial charge on any atom is -0.369 e. The lowest BCUT2D eigenvalue weighted by Gasteiger charge is -2.30. The fourth-order valence-electron chi connectivity index (χ4n) is 2.93. The van der Waals surface area contributed by atoms with Crippen LogP contribution in [0.15, 0.2) is 29.3 Å². The molecule has 1 aromatic carbocycles. The monoisotopic (exact) mass is 277 g/mol. The van der Waals surface area contributed by atoms with Gasteiger partial charge in [0.05, 0.1) is 12.1 Å². The van der Waals surface area contributed by atoms with Crippen LogP contribution in [0.3, 0.4) is 0 Å². The average Bonchev–Trinajstić information content (AvgIpc) is 2.74. The van der Waals surface area contributed by atoms with Gasteiger partial charge < -0.3 is 5.73 Å². The van der Waals surface area contributed by atoms with E-state index < -0.39 is 0 Å². The molecule has 1 fully saturated rings. The number of hydrogen-bond donors (Lipinski definition) is 1. The number of guanidine groups is 1. The van der Waals surface area contributed by atoms with Gasteiger partial charge in [-0.25, -0.2) is 4.99 Å². The highest BCUT2D eigenvalue weighted by atomic mass is 35.5. The van der Waals surface area contributed by atoms with E-state index >= 15 is 0 Å². The second-order valence-electron chi connectivity index (χ2n) is 5.09. The van der Waals surface area contributed by atoms with Crippen LogP contribution in [0.25, 0.3) is 0 Å². The van der Waals surface area contributed by atoms with Crippen molar-refractivity contribution in [2.45, 2.75) is 37.8 Å². The zero-order chi connectivity index (χ0) is 13.4. The van der Waals surface area contributed by atoms with Gasteiger partial charge in [-0.15, -0.1) is 0 Å². The van der Waals surface area contributed by atoms with E-state index in [2.05, 4.69) is 4.99 Å². The maximum Gasteiger partial charge on any atom is 0.260 e. The van der Waals surface area contributed by atoms with Gasteiger partial charge in [0.2, 0.25) is 0 Å². The summed E-state index contributed by atoms with van der Waals surface area (Å²) in [5.41, 5.74) is 6.54. The summed E-state index contributed by atoms with van der Waals surface area (Å²) in [6.45, 7) is 0. The number of rotatable bonds is 1. The van der Waals surface area contributed by atoms with Crippen molar-refractivity contribution >= 4 is 23.5 Å². The third kappa shape index (κ3) is 2.21. The summed E-state index contributed by atoms with van der Waals surface area (Å²) in [4.78, 5) is 18.6. The van der Waals surface area contributed by atoms with Crippen LogP contribution < -0.4 is 5.73 Å². The SMILES string of the molecule is NC1=N[C@H]2CCCC[C@H]2N1C(=O)c1ccc(Cl)cc1. The van der Waals surface area contributed by atoms with Crippen molar-refractivity contribution in [2.24, 2.45) is 10.7 Å². The van der Waals surface area contributed by atoms with Gasteiger partial charge in [-0.05, 0) is 37.1 Å². The van der Waals surface area contributed by atoms with Crippen molar-refractivity contribution < 1.29 is 4.79 Å². The molecule has 0 saturated heterocycles. The van der Waals surface area contributed by atoms with Gasteiger partial charge in [0.15, 0.2) is 5.96 Å². The van der Waals surface area contributed by atoms with Crippen LogP contribution in [0.2, 0.25) is 5.02 Å². The molecule has 19 heavy (non-hydrogen) atoms. The summed E-state index contributed by atoms with van der Waals surface area (Å²) in [7, 11) is 0. The number of halogens is 1. The molecule has 1 saturated carbocycles. The first kappa shape index (κ1) is 12.5. The smallest absolute Gasteiger partial charge is 0.260 e. The van der Waals surface area contributed by atoms with E-state index in [1.165, 1.54) is 6.42 Å². The summed E-state index contributed by atoms with van der Waals surface area (Å²) in [5, 5.41) is 0.621. The Balaban J connectivity index is 1.86. The van der Waals surface area contributed by atoms with Crippen LogP contribution in [0, 0.1) is 0 Å². The average molecular weight is 278 g/mol. The number of benzene rings is 1. The van der Waals surface area contributed by atoms with Crippen LogP contribution in [-0.2, 0) is 0 Å². The topological polar surface area (TPSA) is 58.7 Å². The molecule has 0 aromatic heterocycles. The molecule has 5 heteroatoms. The molecule has 100 valence electrons. The Morgan fingerprint density at radius 1 is 1.26 bits per heavy atom. The van der Waals surface area contributed by atoms with Gasteiger partial charge in [-0.1, -0.05) is 24.4 Å². The minimum absolute atomic E-state index is 0.0766. The molecule has 1 aliphatic heterocycles. The number of amides is 1. The third-order valence-corrected chi connectivity index (χ3v) is 4.13. The predicted octanol–water partition coefficient (Wildman–Crippen LogP) is 2.42. The maximum atomic E-state index is 12.5. The van der Waals surface area contributed by atoms with E-state index in [1.54, 1.807) is 29.2 Å². The van der Waals surface area contributed by atoms with E-state index in [4.69, 9.17) is 17.3 Å². The highest BCUT2D eigenvalue weighted by Crippen LogP contribution is 2.31. The first-order valence-electron chi connectivity index (χ1n) is 6.59. The number of hydrogen-bond acceptors (Lipinski definition) is 3. The van der Waals surface area contributed by atoms with E-state index in [0.717, 1.165) is 19.3 Å². The second kappa shape index (κ2) is 4.85. The summed E-state index contributed by atoms with van der Waals surface area (Å²) >= 11 is 5.84. The Labute approximate surface area is 117 Å². The standard InChI is InChI=1S/C14H16ClN3O/c15-10-7-5-9(6-8-10)13(19)18-12-4-2-1-3-11(12)17-14(18)16/h5-8,11-12H,1-4H2,(H2,16,17)/t11-,12+/m0/s1. The number of nitrogens with two attached hydrogens (primary N) is 1. The summed E-state index contributed by atoms with van der Waals surface area (Å²) < 4.78 is 0. The zero-order valence-corrected chi connectivity index (χ0v) is 11.3. The second-order valence-corrected chi connectivity index (χ2v) is 5.52. The fraction of sp³-hybridized carbons (Fsp3) is 0.429. The van der Waals surface area contributed by atoms with Gasteiger partial charge in [0, 0.05) is 10.6 Å². The van der Waals surface area contributed by atoms with Crippen molar-refractivity contribution in [2.75, 3.05) is 0 Å². The van der Waals surface area contributed by atoms with Gasteiger partial charge >= 0.3 is 0 Å². The number of carbonyl (C=O) groups is 1. The maximum absolute atomic E-state index is 12.5. The lowest BCUT2D eigenvalue weighted by molar-refractivity contribution is 0.0784. The van der Waals surface area contributed by atoms with Crippen molar-refractivity contribution in [1.29, 1.82) is 0 Å². The number of nitrogens with zero attached hydrogens (tertiary/aromatic N) is 2. The van der Waals surface area contributed by atoms with Crippen molar-refractivity contribution in [3.63, 3.8) is 0 Å². The molecule has 0 unspecified atom stereocenters. The van der Waals surface area contributed by atoms with Crippen molar-refractivity contribution in [3.8, 4) is 0 Å². The molecule has 1 aromatic rings. The number of fused-ring (bicyclic) bond motifs is 1. The van der Waals surface area contributed by atoms with Crippen molar-refractivity contribution in [1.82, 2.24) is 4.90 Å². The Kier molecular flexibility index (Phi) is 3.19. The molecule has 1 heterocycles. The first-order chi connectivity index (χ1) is 9.16. The van der Waals surface area contributed by atoms with Crippen LogP contribution >= 0.6 is 11.6 Å². The summed E-state index contributed by atoms with van der Waals surface area (Å²) in [5.74, 6) is 0.282. The fourth-order valence-corrected chi connectivity index (χ4v) is 3.06. The van der Waals surface area contributed by atoms with E-state index in [0.29, 0.717) is 16.5 Å². The van der Waals surface area contributed by atoms with Crippen LogP contribution in [0.5, 0.6) is 0 Å². The number of aliphatic imine (C=N–C) groups is 1. The van der Waals surface area contributed by atoms with Gasteiger partial charge in [0.1, 0.15) is 0 Å². The predicted molar refractivity (Wildman–Crippen MR) is 75.3 cm³/mol. The Hall–Kier alpha value is -1.55. The Morgan fingerprint density at radius 3 is 2.68 bits per heavy atom. The summed E-state index contributed by atoms with van der Waals surface area (Å²) in [6, 6.07) is 7.22. The molecular formula is C14H16ClN3O. The zero-order valence-electron chi connectivity index (χ0n) is 10.6. The van der Waals surface area contributed by atoms with Crippen LogP contribution in [-0.4, -0.2) is 28.9 Å². The molecule has 0 bridgehead atoms. The van der Waals surface area contributed by atoms with E-state index in [1.807, 2.05) is 0 Å². The number of carbonyl (C=O) groups excluding carboxylic acids is 1. The highest BCUT2D eigenvalue weighted by Gasteiger charge is 2.40. The lowest BCUT2D eigenvalue weighted by atomic mass is 9.90. The molecule has 2 N–H and O–H groups in total. The molecule has 0 spiro atoms. The van der Waals surface area contributed by atoms with Crippen molar-refractivity contribution in [3.05, 3.63) is 34.9 Å². The molecule has 1 amide bonds. The quantitative estimate of drug-likeness (QED) is 0.857. The minimum atomic E-state index is -0.0766. The van der Waals surface area contributed by atoms with Crippen LogP contribution in [0.1, 0.15) is 36.0 Å².